The summed E-state index contributed by atoms with van der Waals surface area (Å²) in [7, 11) is 1.65. The Bertz CT molecular complexity index is 1040. The highest BCUT2D eigenvalue weighted by atomic mass is 79.9. The SMILES string of the molecule is COc1ccc2nc(NCC3(OC(C)C)CCOC3)nc(NCc3ncc(Br)s3)c2c1. The smallest absolute Gasteiger partial charge is 0.225 e. The van der Waals surface area contributed by atoms with Crippen LogP contribution in [0.5, 0.6) is 5.75 Å². The van der Waals surface area contributed by atoms with Crippen molar-refractivity contribution in [1.29, 1.82) is 0 Å². The third kappa shape index (κ3) is 5.43. The summed E-state index contributed by atoms with van der Waals surface area (Å²) < 4.78 is 18.2. The van der Waals surface area contributed by atoms with E-state index in [1.807, 2.05) is 32.0 Å². The second-order valence-electron chi connectivity index (χ2n) is 7.70. The van der Waals surface area contributed by atoms with Crippen molar-refractivity contribution in [3.8, 4) is 5.75 Å². The normalized spacial score (nSPS) is 18.6. The Hall–Kier alpha value is -2.01. The standard InChI is InChI=1S/C21H26BrN5O3S/c1-13(2)30-21(6-7-29-12-21)11-25-20-26-16-5-4-14(28-3)8-15(16)19(27-20)24-10-18-23-9-17(22)31-18/h4-5,8-9,13H,6-7,10-12H2,1-3H3,(H2,24,25,26,27). The van der Waals surface area contributed by atoms with Crippen LogP contribution >= 0.6 is 27.3 Å². The number of hydrogen-bond donors (Lipinski definition) is 2. The molecule has 0 radical (unpaired) electrons. The second-order valence-corrected chi connectivity index (χ2v) is 10.2. The number of thiazole rings is 1. The molecule has 3 aromatic rings. The third-order valence-corrected chi connectivity index (χ3v) is 6.43. The van der Waals surface area contributed by atoms with Gasteiger partial charge in [-0.25, -0.2) is 9.97 Å². The van der Waals surface area contributed by atoms with Gasteiger partial charge in [-0.05, 0) is 48.0 Å². The van der Waals surface area contributed by atoms with Crippen LogP contribution in [0.2, 0.25) is 0 Å². The van der Waals surface area contributed by atoms with Gasteiger partial charge in [0, 0.05) is 25.0 Å². The summed E-state index contributed by atoms with van der Waals surface area (Å²) in [4.78, 5) is 13.8. The zero-order chi connectivity index (χ0) is 21.8. The monoisotopic (exact) mass is 507 g/mol. The molecular formula is C21H26BrN5O3S. The molecule has 3 heterocycles. The van der Waals surface area contributed by atoms with Gasteiger partial charge in [-0.15, -0.1) is 11.3 Å². The Balaban J connectivity index is 1.59. The Morgan fingerprint density at radius 3 is 2.84 bits per heavy atom. The van der Waals surface area contributed by atoms with Crippen molar-refractivity contribution in [2.75, 3.05) is 37.5 Å². The van der Waals surface area contributed by atoms with E-state index in [9.17, 15) is 0 Å². The molecule has 10 heteroatoms. The Kier molecular flexibility index (Phi) is 6.90. The van der Waals surface area contributed by atoms with E-state index in [0.29, 0.717) is 32.3 Å². The van der Waals surface area contributed by atoms with Crippen molar-refractivity contribution >= 4 is 49.9 Å². The van der Waals surface area contributed by atoms with Crippen LogP contribution in [0, 0.1) is 0 Å². The molecule has 1 aliphatic heterocycles. The average Bonchev–Trinajstić information content (AvgIpc) is 3.39. The Labute approximate surface area is 193 Å². The van der Waals surface area contributed by atoms with Crippen LogP contribution in [0.3, 0.4) is 0 Å². The topological polar surface area (TPSA) is 90.4 Å². The number of ether oxygens (including phenoxy) is 3. The first-order valence-electron chi connectivity index (χ1n) is 10.2. The Morgan fingerprint density at radius 1 is 1.29 bits per heavy atom. The molecule has 0 spiro atoms. The number of rotatable bonds is 9. The van der Waals surface area contributed by atoms with E-state index in [1.54, 1.807) is 24.6 Å². The number of benzene rings is 1. The largest absolute Gasteiger partial charge is 0.497 e. The lowest BCUT2D eigenvalue weighted by molar-refractivity contribution is -0.0730. The molecule has 1 aliphatic rings. The molecule has 2 aromatic heterocycles. The lowest BCUT2D eigenvalue weighted by atomic mass is 10.0. The van der Waals surface area contributed by atoms with Crippen LogP contribution in [0.25, 0.3) is 10.9 Å². The molecule has 1 atom stereocenters. The zero-order valence-electron chi connectivity index (χ0n) is 17.8. The molecule has 0 amide bonds. The average molecular weight is 508 g/mol. The van der Waals surface area contributed by atoms with E-state index >= 15 is 0 Å². The molecule has 4 rings (SSSR count). The van der Waals surface area contributed by atoms with Gasteiger partial charge in [0.15, 0.2) is 0 Å². The maximum atomic E-state index is 6.19. The zero-order valence-corrected chi connectivity index (χ0v) is 20.2. The third-order valence-electron chi connectivity index (χ3n) is 4.96. The molecule has 0 bridgehead atoms. The van der Waals surface area contributed by atoms with E-state index in [4.69, 9.17) is 24.2 Å². The minimum absolute atomic E-state index is 0.114. The molecule has 31 heavy (non-hydrogen) atoms. The van der Waals surface area contributed by atoms with Crippen molar-refractivity contribution < 1.29 is 14.2 Å². The van der Waals surface area contributed by atoms with Crippen molar-refractivity contribution in [2.45, 2.75) is 38.5 Å². The first kappa shape index (κ1) is 22.2. The minimum atomic E-state index is -0.368. The number of anilines is 2. The van der Waals surface area contributed by atoms with Crippen LogP contribution in [0.15, 0.2) is 28.2 Å². The second kappa shape index (κ2) is 9.64. The fourth-order valence-electron chi connectivity index (χ4n) is 3.58. The fraction of sp³-hybridized carbons (Fsp3) is 0.476. The first-order valence-corrected chi connectivity index (χ1v) is 11.8. The lowest BCUT2D eigenvalue weighted by Crippen LogP contribution is -2.42. The van der Waals surface area contributed by atoms with Crippen LogP contribution in [0.4, 0.5) is 11.8 Å². The number of fused-ring (bicyclic) bond motifs is 1. The van der Waals surface area contributed by atoms with Crippen molar-refractivity contribution in [3.05, 3.63) is 33.2 Å². The quantitative estimate of drug-likeness (QED) is 0.438. The first-order chi connectivity index (χ1) is 15.0. The molecule has 0 aliphatic carbocycles. The number of halogens is 1. The van der Waals surface area contributed by atoms with E-state index < -0.39 is 0 Å². The van der Waals surface area contributed by atoms with Crippen LogP contribution < -0.4 is 15.4 Å². The van der Waals surface area contributed by atoms with E-state index in [-0.39, 0.29) is 11.7 Å². The summed E-state index contributed by atoms with van der Waals surface area (Å²) in [5.74, 6) is 2.02. The molecular weight excluding hydrogens is 482 g/mol. The molecule has 1 aromatic carbocycles. The highest BCUT2D eigenvalue weighted by Crippen LogP contribution is 2.29. The number of methoxy groups -OCH3 is 1. The lowest BCUT2D eigenvalue weighted by Gasteiger charge is -2.30. The Morgan fingerprint density at radius 2 is 2.16 bits per heavy atom. The summed E-state index contributed by atoms with van der Waals surface area (Å²) in [6.45, 7) is 6.48. The van der Waals surface area contributed by atoms with E-state index in [2.05, 4.69) is 31.5 Å². The van der Waals surface area contributed by atoms with Crippen LogP contribution in [-0.2, 0) is 16.0 Å². The van der Waals surface area contributed by atoms with Crippen molar-refractivity contribution in [3.63, 3.8) is 0 Å². The summed E-state index contributed by atoms with van der Waals surface area (Å²) in [5.41, 5.74) is 0.454. The number of aromatic nitrogens is 3. The molecule has 0 saturated carbocycles. The van der Waals surface area contributed by atoms with Gasteiger partial charge in [0.2, 0.25) is 5.95 Å². The van der Waals surface area contributed by atoms with E-state index in [0.717, 1.165) is 37.7 Å². The van der Waals surface area contributed by atoms with Gasteiger partial charge in [-0.2, -0.15) is 4.98 Å². The fourth-order valence-corrected chi connectivity index (χ4v) is 4.82. The van der Waals surface area contributed by atoms with Gasteiger partial charge in [0.25, 0.3) is 0 Å². The summed E-state index contributed by atoms with van der Waals surface area (Å²) in [6, 6.07) is 5.77. The molecule has 1 fully saturated rings. The molecule has 1 saturated heterocycles. The highest BCUT2D eigenvalue weighted by Gasteiger charge is 2.37. The predicted molar refractivity (Wildman–Crippen MR) is 126 cm³/mol. The summed E-state index contributed by atoms with van der Waals surface area (Å²) in [5, 5.41) is 8.63. The van der Waals surface area contributed by atoms with Gasteiger partial charge in [0.05, 0.1) is 41.9 Å². The summed E-state index contributed by atoms with van der Waals surface area (Å²) in [6.07, 6.45) is 2.75. The molecule has 1 unspecified atom stereocenters. The summed E-state index contributed by atoms with van der Waals surface area (Å²) >= 11 is 5.04. The van der Waals surface area contributed by atoms with Gasteiger partial charge >= 0.3 is 0 Å². The number of nitrogens with zero attached hydrogens (tertiary/aromatic N) is 3. The molecule has 8 nitrogen and oxygen atoms in total. The van der Waals surface area contributed by atoms with Crippen molar-refractivity contribution in [2.24, 2.45) is 0 Å². The minimum Gasteiger partial charge on any atom is -0.497 e. The van der Waals surface area contributed by atoms with Crippen molar-refractivity contribution in [1.82, 2.24) is 15.0 Å². The number of nitrogens with one attached hydrogen (secondary N) is 2. The molecule has 2 N–H and O–H groups in total. The maximum Gasteiger partial charge on any atom is 0.225 e. The van der Waals surface area contributed by atoms with Crippen LogP contribution in [-0.4, -0.2) is 53.5 Å². The van der Waals surface area contributed by atoms with E-state index in [1.165, 1.54) is 0 Å². The maximum absolute atomic E-state index is 6.19. The van der Waals surface area contributed by atoms with Gasteiger partial charge in [-0.1, -0.05) is 0 Å². The highest BCUT2D eigenvalue weighted by molar-refractivity contribution is 9.11. The van der Waals surface area contributed by atoms with Gasteiger partial charge in [0.1, 0.15) is 22.2 Å². The molecule has 166 valence electrons. The number of hydrogen-bond acceptors (Lipinski definition) is 9. The van der Waals surface area contributed by atoms with Gasteiger partial charge in [-0.3, -0.25) is 0 Å². The van der Waals surface area contributed by atoms with Crippen LogP contribution in [0.1, 0.15) is 25.3 Å². The van der Waals surface area contributed by atoms with Gasteiger partial charge < -0.3 is 24.8 Å². The predicted octanol–water partition coefficient (Wildman–Crippen LogP) is 4.47.